The highest BCUT2D eigenvalue weighted by Gasteiger charge is 2.16. The molecule has 0 amide bonds. The first-order valence-corrected chi connectivity index (χ1v) is 6.44. The summed E-state index contributed by atoms with van der Waals surface area (Å²) in [5.74, 6) is -1.03. The second-order valence-electron chi connectivity index (χ2n) is 4.45. The van der Waals surface area contributed by atoms with Crippen molar-refractivity contribution in [1.29, 1.82) is 5.26 Å². The molecular formula is C14H10ClFN4O2. The van der Waals surface area contributed by atoms with Gasteiger partial charge in [-0.25, -0.2) is 4.39 Å². The molecule has 0 aliphatic heterocycles. The Morgan fingerprint density at radius 1 is 1.41 bits per heavy atom. The number of halogens is 2. The van der Waals surface area contributed by atoms with Gasteiger partial charge in [0.15, 0.2) is 5.69 Å². The minimum absolute atomic E-state index is 0.0619. The zero-order valence-corrected chi connectivity index (χ0v) is 12.4. The van der Waals surface area contributed by atoms with E-state index in [2.05, 4.69) is 10.2 Å². The number of nitriles is 1. The van der Waals surface area contributed by atoms with Crippen molar-refractivity contribution in [1.82, 2.24) is 4.57 Å². The predicted molar refractivity (Wildman–Crippen MR) is 78.4 cm³/mol. The summed E-state index contributed by atoms with van der Waals surface area (Å²) in [6.07, 6.45) is 0. The smallest absolute Gasteiger partial charge is 0.281 e. The molecule has 0 fully saturated rings. The maximum absolute atomic E-state index is 13.1. The van der Waals surface area contributed by atoms with E-state index in [1.807, 2.05) is 0 Å². The van der Waals surface area contributed by atoms with E-state index in [0.717, 1.165) is 10.6 Å². The summed E-state index contributed by atoms with van der Waals surface area (Å²) in [7, 11) is 1.31. The summed E-state index contributed by atoms with van der Waals surface area (Å²) in [5.41, 5.74) is -0.295. The zero-order chi connectivity index (χ0) is 16.4. The van der Waals surface area contributed by atoms with Gasteiger partial charge < -0.3 is 5.11 Å². The Morgan fingerprint density at radius 2 is 2.09 bits per heavy atom. The molecule has 0 saturated carbocycles. The van der Waals surface area contributed by atoms with Crippen molar-refractivity contribution >= 4 is 23.0 Å². The molecule has 1 heterocycles. The number of aromatic hydroxyl groups is 1. The van der Waals surface area contributed by atoms with Gasteiger partial charge in [0.1, 0.15) is 17.4 Å². The summed E-state index contributed by atoms with van der Waals surface area (Å²) in [6.45, 7) is 1.48. The molecule has 8 heteroatoms. The first-order chi connectivity index (χ1) is 10.4. The molecule has 2 aromatic rings. The first-order valence-electron chi connectivity index (χ1n) is 6.06. The van der Waals surface area contributed by atoms with Gasteiger partial charge in [-0.05, 0) is 25.1 Å². The minimum Gasteiger partial charge on any atom is -0.493 e. The lowest BCUT2D eigenvalue weighted by Crippen LogP contribution is -2.18. The second-order valence-corrected chi connectivity index (χ2v) is 4.85. The van der Waals surface area contributed by atoms with E-state index in [-0.39, 0.29) is 27.5 Å². The van der Waals surface area contributed by atoms with Gasteiger partial charge in [0.05, 0.1) is 10.7 Å². The molecule has 22 heavy (non-hydrogen) atoms. The predicted octanol–water partition coefficient (Wildman–Crippen LogP) is 3.48. The zero-order valence-electron chi connectivity index (χ0n) is 11.6. The SMILES string of the molecule is Cc1c(C#N)c(O)n(C)c(=O)c1N=Nc1ccc(F)c(Cl)c1. The monoisotopic (exact) mass is 320 g/mol. The maximum atomic E-state index is 13.1. The number of hydrogen-bond donors (Lipinski definition) is 1. The average molecular weight is 321 g/mol. The molecule has 112 valence electrons. The van der Waals surface area contributed by atoms with Gasteiger partial charge in [0, 0.05) is 12.6 Å². The summed E-state index contributed by atoms with van der Waals surface area (Å²) >= 11 is 5.63. The molecule has 0 saturated heterocycles. The Bertz CT molecular complexity index is 884. The van der Waals surface area contributed by atoms with E-state index in [0.29, 0.717) is 0 Å². The number of nitrogens with zero attached hydrogens (tertiary/aromatic N) is 4. The fourth-order valence-corrected chi connectivity index (χ4v) is 1.95. The van der Waals surface area contributed by atoms with Crippen molar-refractivity contribution in [3.05, 3.63) is 50.5 Å². The Kier molecular flexibility index (Phi) is 4.24. The number of aromatic nitrogens is 1. The standard InChI is InChI=1S/C14H10ClFN4O2/c1-7-9(6-17)13(21)20(2)14(22)12(7)19-18-8-3-4-11(16)10(15)5-8/h3-5,21H,1-2H3. The summed E-state index contributed by atoms with van der Waals surface area (Å²) in [6, 6.07) is 5.53. The van der Waals surface area contributed by atoms with Crippen LogP contribution in [0.15, 0.2) is 33.2 Å². The molecule has 0 spiro atoms. The topological polar surface area (TPSA) is 90.7 Å². The van der Waals surface area contributed by atoms with Gasteiger partial charge in [-0.15, -0.1) is 5.11 Å². The van der Waals surface area contributed by atoms with Crippen LogP contribution in [0.5, 0.6) is 5.88 Å². The number of benzene rings is 1. The van der Waals surface area contributed by atoms with Crippen LogP contribution in [0.25, 0.3) is 0 Å². The van der Waals surface area contributed by atoms with Crippen molar-refractivity contribution < 1.29 is 9.50 Å². The molecule has 1 aromatic heterocycles. The fourth-order valence-electron chi connectivity index (χ4n) is 1.78. The highest BCUT2D eigenvalue weighted by molar-refractivity contribution is 6.30. The normalized spacial score (nSPS) is 10.9. The molecule has 0 unspecified atom stereocenters. The van der Waals surface area contributed by atoms with Crippen molar-refractivity contribution in [3.63, 3.8) is 0 Å². The van der Waals surface area contributed by atoms with Crippen molar-refractivity contribution in [2.24, 2.45) is 17.3 Å². The lowest BCUT2D eigenvalue weighted by Gasteiger charge is -2.08. The van der Waals surface area contributed by atoms with Crippen LogP contribution in [0.2, 0.25) is 5.02 Å². The third-order valence-electron chi connectivity index (χ3n) is 3.06. The molecule has 2 rings (SSSR count). The molecule has 0 atom stereocenters. The van der Waals surface area contributed by atoms with Crippen LogP contribution in [-0.4, -0.2) is 9.67 Å². The van der Waals surface area contributed by atoms with Gasteiger partial charge in [-0.2, -0.15) is 10.4 Å². The van der Waals surface area contributed by atoms with Gasteiger partial charge >= 0.3 is 0 Å². The third kappa shape index (κ3) is 2.69. The first kappa shape index (κ1) is 15.7. The highest BCUT2D eigenvalue weighted by atomic mass is 35.5. The summed E-state index contributed by atoms with van der Waals surface area (Å²) in [4.78, 5) is 12.1. The number of azo groups is 1. The molecule has 0 radical (unpaired) electrons. The lowest BCUT2D eigenvalue weighted by molar-refractivity contribution is 0.421. The van der Waals surface area contributed by atoms with Crippen molar-refractivity contribution in [2.45, 2.75) is 6.92 Å². The van der Waals surface area contributed by atoms with E-state index < -0.39 is 17.3 Å². The highest BCUT2D eigenvalue weighted by Crippen LogP contribution is 2.27. The van der Waals surface area contributed by atoms with Crippen molar-refractivity contribution in [2.75, 3.05) is 0 Å². The van der Waals surface area contributed by atoms with E-state index in [1.165, 1.54) is 26.1 Å². The second kappa shape index (κ2) is 5.95. The van der Waals surface area contributed by atoms with Crippen LogP contribution >= 0.6 is 11.6 Å². The van der Waals surface area contributed by atoms with Crippen LogP contribution in [-0.2, 0) is 7.05 Å². The van der Waals surface area contributed by atoms with Crippen LogP contribution < -0.4 is 5.56 Å². The third-order valence-corrected chi connectivity index (χ3v) is 3.35. The lowest BCUT2D eigenvalue weighted by atomic mass is 10.1. The Morgan fingerprint density at radius 3 is 2.68 bits per heavy atom. The van der Waals surface area contributed by atoms with Crippen molar-refractivity contribution in [3.8, 4) is 11.9 Å². The quantitative estimate of drug-likeness (QED) is 0.859. The Labute approximate surface area is 129 Å². The van der Waals surface area contributed by atoms with Crippen LogP contribution in [0.1, 0.15) is 11.1 Å². The van der Waals surface area contributed by atoms with Gasteiger partial charge in [-0.1, -0.05) is 11.6 Å². The summed E-state index contributed by atoms with van der Waals surface area (Å²) < 4.78 is 14.0. The maximum Gasteiger partial charge on any atom is 0.281 e. The number of pyridine rings is 1. The molecule has 1 N–H and O–H groups in total. The molecule has 0 aliphatic carbocycles. The van der Waals surface area contributed by atoms with Gasteiger partial charge in [0.25, 0.3) is 5.56 Å². The molecular weight excluding hydrogens is 311 g/mol. The molecule has 0 bridgehead atoms. The number of rotatable bonds is 2. The van der Waals surface area contributed by atoms with E-state index in [4.69, 9.17) is 16.9 Å². The molecule has 0 aliphatic rings. The summed E-state index contributed by atoms with van der Waals surface area (Å²) in [5, 5.41) is 26.3. The average Bonchev–Trinajstić information content (AvgIpc) is 2.49. The molecule has 1 aromatic carbocycles. The number of hydrogen-bond acceptors (Lipinski definition) is 5. The largest absolute Gasteiger partial charge is 0.493 e. The Balaban J connectivity index is 2.57. The Hall–Kier alpha value is -2.72. The van der Waals surface area contributed by atoms with E-state index >= 15 is 0 Å². The molecule has 6 nitrogen and oxygen atoms in total. The van der Waals surface area contributed by atoms with E-state index in [9.17, 15) is 14.3 Å². The minimum atomic E-state index is -0.606. The fraction of sp³-hybridized carbons (Fsp3) is 0.143. The van der Waals surface area contributed by atoms with Crippen LogP contribution in [0.3, 0.4) is 0 Å². The van der Waals surface area contributed by atoms with Crippen LogP contribution in [0, 0.1) is 24.1 Å². The van der Waals surface area contributed by atoms with Gasteiger partial charge in [0.2, 0.25) is 5.88 Å². The van der Waals surface area contributed by atoms with Gasteiger partial charge in [-0.3, -0.25) is 9.36 Å². The van der Waals surface area contributed by atoms with E-state index in [1.54, 1.807) is 6.07 Å². The van der Waals surface area contributed by atoms with Crippen LogP contribution in [0.4, 0.5) is 15.8 Å².